The summed E-state index contributed by atoms with van der Waals surface area (Å²) < 4.78 is 11.6. The third-order valence-electron chi connectivity index (χ3n) is 7.57. The van der Waals surface area contributed by atoms with Gasteiger partial charge < -0.3 is 19.5 Å². The molecule has 5 heteroatoms. The monoisotopic (exact) mass is 532 g/mol. The van der Waals surface area contributed by atoms with E-state index < -0.39 is 11.5 Å². The van der Waals surface area contributed by atoms with Gasteiger partial charge in [-0.2, -0.15) is 4.98 Å². The number of hydrogen-bond acceptors (Lipinski definition) is 5. The number of nitrogens with zero attached hydrogens (tertiary/aromatic N) is 2. The summed E-state index contributed by atoms with van der Waals surface area (Å²) in [4.78, 5) is 6.94. The summed E-state index contributed by atoms with van der Waals surface area (Å²) in [6.07, 6.45) is 0.490. The molecule has 0 spiro atoms. The van der Waals surface area contributed by atoms with Crippen LogP contribution in [0.1, 0.15) is 29.0 Å². The standard InChI is InChI=1S/C35H36N2O3/c1-37(2)23-22-35(38,31-21-13-19-25-16-11-12-20-28(25)31)32(27-17-9-6-10-18-27)30-24-29(26-14-7-5-8-15-26)33(39-3)36-34(30)40-4/h5-21,24,32,38H,22-23H2,1-4H3. The predicted octanol–water partition coefficient (Wildman–Crippen LogP) is 6.89. The van der Waals surface area contributed by atoms with Crippen LogP contribution in [0.3, 0.4) is 0 Å². The van der Waals surface area contributed by atoms with Gasteiger partial charge in [0.2, 0.25) is 11.8 Å². The maximum absolute atomic E-state index is 13.2. The van der Waals surface area contributed by atoms with Crippen molar-refractivity contribution < 1.29 is 14.6 Å². The van der Waals surface area contributed by atoms with Crippen molar-refractivity contribution in [1.29, 1.82) is 0 Å². The predicted molar refractivity (Wildman–Crippen MR) is 162 cm³/mol. The third kappa shape index (κ3) is 5.31. The van der Waals surface area contributed by atoms with Crippen molar-refractivity contribution >= 4 is 10.8 Å². The van der Waals surface area contributed by atoms with Gasteiger partial charge in [-0.25, -0.2) is 0 Å². The largest absolute Gasteiger partial charge is 0.481 e. The Bertz CT molecular complexity index is 1570. The smallest absolute Gasteiger partial charge is 0.224 e. The number of rotatable bonds is 10. The van der Waals surface area contributed by atoms with Crippen molar-refractivity contribution in [2.24, 2.45) is 0 Å². The van der Waals surface area contributed by atoms with Gasteiger partial charge in [-0.15, -0.1) is 0 Å². The molecule has 0 radical (unpaired) electrons. The minimum Gasteiger partial charge on any atom is -0.481 e. The van der Waals surface area contributed by atoms with Gasteiger partial charge in [0.15, 0.2) is 0 Å². The van der Waals surface area contributed by atoms with E-state index in [4.69, 9.17) is 14.5 Å². The average molecular weight is 533 g/mol. The van der Waals surface area contributed by atoms with E-state index in [-0.39, 0.29) is 0 Å². The first kappa shape index (κ1) is 27.4. The molecule has 0 aliphatic carbocycles. The van der Waals surface area contributed by atoms with Crippen LogP contribution in [0.4, 0.5) is 0 Å². The maximum atomic E-state index is 13.2. The Morgan fingerprint density at radius 3 is 2.08 bits per heavy atom. The molecular weight excluding hydrogens is 496 g/mol. The van der Waals surface area contributed by atoms with E-state index >= 15 is 0 Å². The zero-order valence-corrected chi connectivity index (χ0v) is 23.5. The van der Waals surface area contributed by atoms with Crippen LogP contribution in [0.2, 0.25) is 0 Å². The fraction of sp³-hybridized carbons (Fsp3) is 0.229. The number of aromatic nitrogens is 1. The summed E-state index contributed by atoms with van der Waals surface area (Å²) in [5.74, 6) is 0.407. The second kappa shape index (κ2) is 11.9. The zero-order valence-electron chi connectivity index (χ0n) is 23.5. The van der Waals surface area contributed by atoms with Crippen molar-refractivity contribution in [3.8, 4) is 22.9 Å². The molecule has 40 heavy (non-hydrogen) atoms. The quantitative estimate of drug-likeness (QED) is 0.212. The highest BCUT2D eigenvalue weighted by atomic mass is 16.5. The molecule has 0 saturated heterocycles. The molecule has 0 fully saturated rings. The van der Waals surface area contributed by atoms with Crippen LogP contribution in [0, 0.1) is 0 Å². The second-order valence-electron chi connectivity index (χ2n) is 10.4. The summed E-state index contributed by atoms with van der Waals surface area (Å²) in [5.41, 5.74) is 3.16. The first-order valence-corrected chi connectivity index (χ1v) is 13.5. The lowest BCUT2D eigenvalue weighted by Crippen LogP contribution is -2.38. The number of pyridine rings is 1. The van der Waals surface area contributed by atoms with Crippen molar-refractivity contribution in [2.45, 2.75) is 17.9 Å². The van der Waals surface area contributed by atoms with E-state index in [1.165, 1.54) is 0 Å². The fourth-order valence-corrected chi connectivity index (χ4v) is 5.64. The van der Waals surface area contributed by atoms with E-state index in [0.717, 1.165) is 38.6 Å². The van der Waals surface area contributed by atoms with Crippen LogP contribution in [-0.4, -0.2) is 49.9 Å². The molecule has 1 aromatic heterocycles. The minimum absolute atomic E-state index is 0.425. The van der Waals surface area contributed by atoms with E-state index in [1.54, 1.807) is 14.2 Å². The Balaban J connectivity index is 1.84. The maximum Gasteiger partial charge on any atom is 0.224 e. The van der Waals surface area contributed by atoms with E-state index in [1.807, 2.05) is 80.8 Å². The van der Waals surface area contributed by atoms with Crippen molar-refractivity contribution in [3.63, 3.8) is 0 Å². The van der Waals surface area contributed by atoms with Crippen LogP contribution in [0.25, 0.3) is 21.9 Å². The normalized spacial score (nSPS) is 13.7. The van der Waals surface area contributed by atoms with Crippen molar-refractivity contribution in [1.82, 2.24) is 9.88 Å². The highest BCUT2D eigenvalue weighted by molar-refractivity contribution is 5.87. The van der Waals surface area contributed by atoms with Gasteiger partial charge >= 0.3 is 0 Å². The molecule has 204 valence electrons. The third-order valence-corrected chi connectivity index (χ3v) is 7.57. The Hall–Kier alpha value is -4.19. The first-order chi connectivity index (χ1) is 19.5. The SMILES string of the molecule is COc1nc(OC)c(C(c2ccccc2)C(O)(CCN(C)C)c2cccc3ccccc23)cc1-c1ccccc1. The number of aliphatic hydroxyl groups is 1. The molecule has 0 saturated carbocycles. The summed E-state index contributed by atoms with van der Waals surface area (Å²) in [7, 11) is 7.30. The van der Waals surface area contributed by atoms with Gasteiger partial charge in [0.1, 0.15) is 5.60 Å². The summed E-state index contributed by atoms with van der Waals surface area (Å²) in [5, 5.41) is 15.3. The van der Waals surface area contributed by atoms with Crippen LogP contribution < -0.4 is 9.47 Å². The molecule has 2 unspecified atom stereocenters. The van der Waals surface area contributed by atoms with Crippen LogP contribution in [0.5, 0.6) is 11.8 Å². The molecule has 0 aliphatic rings. The summed E-state index contributed by atoms with van der Waals surface area (Å²) in [6.45, 7) is 0.681. The van der Waals surface area contributed by atoms with Crippen LogP contribution >= 0.6 is 0 Å². The number of fused-ring (bicyclic) bond motifs is 1. The van der Waals surface area contributed by atoms with E-state index in [0.29, 0.717) is 24.7 Å². The highest BCUT2D eigenvalue weighted by Gasteiger charge is 2.43. The molecule has 5 rings (SSSR count). The summed E-state index contributed by atoms with van der Waals surface area (Å²) >= 11 is 0. The van der Waals surface area contributed by atoms with Gasteiger partial charge in [0, 0.05) is 23.6 Å². The van der Waals surface area contributed by atoms with Crippen LogP contribution in [0.15, 0.2) is 109 Å². The molecular formula is C35H36N2O3. The Labute approximate surface area is 236 Å². The number of hydrogen-bond donors (Lipinski definition) is 1. The van der Waals surface area contributed by atoms with E-state index in [9.17, 15) is 5.11 Å². The average Bonchev–Trinajstić information content (AvgIpc) is 3.00. The fourth-order valence-electron chi connectivity index (χ4n) is 5.64. The summed E-state index contributed by atoms with van der Waals surface area (Å²) in [6, 6.07) is 36.7. The highest BCUT2D eigenvalue weighted by Crippen LogP contribution is 2.50. The Morgan fingerprint density at radius 2 is 1.40 bits per heavy atom. The minimum atomic E-state index is -1.30. The molecule has 4 aromatic carbocycles. The molecule has 1 heterocycles. The van der Waals surface area contributed by atoms with Gasteiger partial charge in [0.25, 0.3) is 0 Å². The molecule has 5 aromatic rings. The van der Waals surface area contributed by atoms with Crippen molar-refractivity contribution in [2.75, 3.05) is 34.9 Å². The lowest BCUT2D eigenvalue weighted by atomic mass is 9.70. The second-order valence-corrected chi connectivity index (χ2v) is 10.4. The Morgan fingerprint density at radius 1 is 0.775 bits per heavy atom. The molecule has 2 atom stereocenters. The molecule has 1 N–H and O–H groups in total. The van der Waals surface area contributed by atoms with Gasteiger partial charge in [0.05, 0.1) is 14.2 Å². The van der Waals surface area contributed by atoms with Gasteiger partial charge in [-0.3, -0.25) is 0 Å². The first-order valence-electron chi connectivity index (χ1n) is 13.5. The topological polar surface area (TPSA) is 54.8 Å². The Kier molecular flexibility index (Phi) is 8.15. The molecule has 0 bridgehead atoms. The van der Waals surface area contributed by atoms with E-state index in [2.05, 4.69) is 47.4 Å². The zero-order chi connectivity index (χ0) is 28.1. The lowest BCUT2D eigenvalue weighted by molar-refractivity contribution is 0.00513. The molecule has 0 amide bonds. The molecule has 0 aliphatic heterocycles. The lowest BCUT2D eigenvalue weighted by Gasteiger charge is -2.39. The van der Waals surface area contributed by atoms with Gasteiger partial charge in [-0.1, -0.05) is 103 Å². The number of ether oxygens (including phenoxy) is 2. The molecule has 5 nitrogen and oxygen atoms in total. The van der Waals surface area contributed by atoms with Crippen molar-refractivity contribution in [3.05, 3.63) is 126 Å². The number of methoxy groups -OCH3 is 2. The van der Waals surface area contributed by atoms with Gasteiger partial charge in [-0.05, 0) is 54.0 Å². The number of benzene rings is 4. The van der Waals surface area contributed by atoms with Crippen LogP contribution in [-0.2, 0) is 5.60 Å².